The first-order valence-corrected chi connectivity index (χ1v) is 6.39. The largest absolute Gasteiger partial charge is 0.304 e. The standard InChI is InChI=1S/C12H13FN2OS/c1-2-3-10-11(16)15-12(17-10)14-9-6-4-8(13)5-7-9/h4-7,10H,2-3H2,1H3,(H,14,15,16). The van der Waals surface area contributed by atoms with E-state index >= 15 is 0 Å². The van der Waals surface area contributed by atoms with E-state index < -0.39 is 0 Å². The van der Waals surface area contributed by atoms with Crippen LogP contribution in [0, 0.1) is 5.82 Å². The van der Waals surface area contributed by atoms with Crippen LogP contribution in [-0.4, -0.2) is 16.3 Å². The normalized spacial score (nSPS) is 21.9. The quantitative estimate of drug-likeness (QED) is 0.898. The van der Waals surface area contributed by atoms with Crippen LogP contribution in [-0.2, 0) is 4.79 Å². The molecule has 1 N–H and O–H groups in total. The molecule has 1 unspecified atom stereocenters. The van der Waals surface area contributed by atoms with Crippen molar-refractivity contribution >= 4 is 28.5 Å². The van der Waals surface area contributed by atoms with Gasteiger partial charge >= 0.3 is 0 Å². The molecule has 1 aliphatic heterocycles. The molecule has 0 aliphatic carbocycles. The van der Waals surface area contributed by atoms with Gasteiger partial charge in [-0.2, -0.15) is 0 Å². The first-order chi connectivity index (χ1) is 8.19. The average molecular weight is 252 g/mol. The third-order valence-electron chi connectivity index (χ3n) is 2.38. The van der Waals surface area contributed by atoms with Crippen LogP contribution in [0.15, 0.2) is 29.3 Å². The predicted octanol–water partition coefficient (Wildman–Crippen LogP) is 2.84. The number of hydrogen-bond donors (Lipinski definition) is 1. The van der Waals surface area contributed by atoms with Gasteiger partial charge in [-0.05, 0) is 30.7 Å². The van der Waals surface area contributed by atoms with Gasteiger partial charge in [-0.25, -0.2) is 9.38 Å². The number of nitrogens with zero attached hydrogens (tertiary/aromatic N) is 1. The summed E-state index contributed by atoms with van der Waals surface area (Å²) >= 11 is 1.44. The zero-order valence-corrected chi connectivity index (χ0v) is 10.3. The molecule has 0 aromatic heterocycles. The molecule has 1 heterocycles. The summed E-state index contributed by atoms with van der Waals surface area (Å²) in [6, 6.07) is 5.87. The molecule has 0 spiro atoms. The van der Waals surface area contributed by atoms with Gasteiger partial charge in [-0.1, -0.05) is 25.1 Å². The van der Waals surface area contributed by atoms with Gasteiger partial charge in [0.05, 0.1) is 10.9 Å². The fourth-order valence-electron chi connectivity index (χ4n) is 1.54. The van der Waals surface area contributed by atoms with Gasteiger partial charge in [0.15, 0.2) is 5.17 Å². The zero-order chi connectivity index (χ0) is 12.3. The maximum absolute atomic E-state index is 12.7. The van der Waals surface area contributed by atoms with Crippen molar-refractivity contribution in [3.05, 3.63) is 30.1 Å². The Kier molecular flexibility index (Phi) is 3.78. The third-order valence-corrected chi connectivity index (χ3v) is 3.54. The van der Waals surface area contributed by atoms with Gasteiger partial charge in [0.1, 0.15) is 5.82 Å². The van der Waals surface area contributed by atoms with Crippen molar-refractivity contribution in [1.82, 2.24) is 5.32 Å². The Morgan fingerprint density at radius 2 is 2.12 bits per heavy atom. The van der Waals surface area contributed by atoms with Gasteiger partial charge in [0, 0.05) is 0 Å². The number of halogens is 1. The van der Waals surface area contributed by atoms with Crippen LogP contribution < -0.4 is 5.32 Å². The molecule has 1 aromatic carbocycles. The van der Waals surface area contributed by atoms with Crippen molar-refractivity contribution in [3.8, 4) is 0 Å². The average Bonchev–Trinajstić information content (AvgIpc) is 2.63. The Hall–Kier alpha value is -1.36. The van der Waals surface area contributed by atoms with E-state index in [2.05, 4.69) is 10.3 Å². The Balaban J connectivity index is 2.09. The topological polar surface area (TPSA) is 41.5 Å². The SMILES string of the molecule is CCCC1SC(=Nc2ccc(F)cc2)NC1=O. The molecule has 1 amide bonds. The first kappa shape index (κ1) is 12.1. The van der Waals surface area contributed by atoms with E-state index in [1.165, 1.54) is 23.9 Å². The monoisotopic (exact) mass is 252 g/mol. The molecular formula is C12H13FN2OS. The smallest absolute Gasteiger partial charge is 0.239 e. The van der Waals surface area contributed by atoms with E-state index in [1.807, 2.05) is 6.92 Å². The minimum absolute atomic E-state index is 0.0118. The Bertz CT molecular complexity index is 444. The highest BCUT2D eigenvalue weighted by atomic mass is 32.2. The van der Waals surface area contributed by atoms with E-state index in [1.54, 1.807) is 12.1 Å². The number of aliphatic imine (C=N–C) groups is 1. The third kappa shape index (κ3) is 3.06. The predicted molar refractivity (Wildman–Crippen MR) is 67.9 cm³/mol. The molecule has 1 saturated heterocycles. The summed E-state index contributed by atoms with van der Waals surface area (Å²) in [6.45, 7) is 2.04. The molecule has 3 nitrogen and oxygen atoms in total. The van der Waals surface area contributed by atoms with Crippen molar-refractivity contribution in [2.45, 2.75) is 25.0 Å². The number of carbonyl (C=O) groups is 1. The molecule has 0 saturated carbocycles. The van der Waals surface area contributed by atoms with Gasteiger partial charge < -0.3 is 5.32 Å². The molecule has 1 atom stereocenters. The lowest BCUT2D eigenvalue weighted by Gasteiger charge is -1.99. The van der Waals surface area contributed by atoms with Gasteiger partial charge in [0.25, 0.3) is 0 Å². The van der Waals surface area contributed by atoms with E-state index in [9.17, 15) is 9.18 Å². The summed E-state index contributed by atoms with van der Waals surface area (Å²) in [4.78, 5) is 15.8. The fraction of sp³-hybridized carbons (Fsp3) is 0.333. The van der Waals surface area contributed by atoms with Crippen LogP contribution in [0.25, 0.3) is 0 Å². The Morgan fingerprint density at radius 3 is 2.76 bits per heavy atom. The lowest BCUT2D eigenvalue weighted by atomic mass is 10.2. The van der Waals surface area contributed by atoms with E-state index in [0.29, 0.717) is 10.9 Å². The number of rotatable bonds is 3. The molecule has 0 radical (unpaired) electrons. The maximum Gasteiger partial charge on any atom is 0.239 e. The van der Waals surface area contributed by atoms with Crippen molar-refractivity contribution < 1.29 is 9.18 Å². The molecule has 90 valence electrons. The van der Waals surface area contributed by atoms with Crippen LogP contribution in [0.1, 0.15) is 19.8 Å². The van der Waals surface area contributed by atoms with Gasteiger partial charge in [0.2, 0.25) is 5.91 Å². The number of thioether (sulfide) groups is 1. The van der Waals surface area contributed by atoms with Crippen LogP contribution in [0.5, 0.6) is 0 Å². The maximum atomic E-state index is 12.7. The Labute approximate surface area is 104 Å². The zero-order valence-electron chi connectivity index (χ0n) is 9.44. The van der Waals surface area contributed by atoms with Crippen molar-refractivity contribution in [2.75, 3.05) is 0 Å². The molecule has 1 aliphatic rings. The van der Waals surface area contributed by atoms with E-state index in [0.717, 1.165) is 12.8 Å². The highest BCUT2D eigenvalue weighted by Crippen LogP contribution is 2.25. The van der Waals surface area contributed by atoms with Crippen molar-refractivity contribution in [2.24, 2.45) is 4.99 Å². The van der Waals surface area contributed by atoms with Gasteiger partial charge in [-0.3, -0.25) is 4.79 Å². The number of amidine groups is 1. The number of carbonyl (C=O) groups excluding carboxylic acids is 1. The van der Waals surface area contributed by atoms with E-state index in [4.69, 9.17) is 0 Å². The molecular weight excluding hydrogens is 239 g/mol. The number of nitrogens with one attached hydrogen (secondary N) is 1. The highest BCUT2D eigenvalue weighted by molar-refractivity contribution is 8.15. The van der Waals surface area contributed by atoms with Crippen LogP contribution >= 0.6 is 11.8 Å². The molecule has 2 rings (SSSR count). The number of amides is 1. The Morgan fingerprint density at radius 1 is 1.41 bits per heavy atom. The lowest BCUT2D eigenvalue weighted by molar-refractivity contribution is -0.118. The second-order valence-corrected chi connectivity index (χ2v) is 4.97. The summed E-state index contributed by atoms with van der Waals surface area (Å²) < 4.78 is 12.7. The van der Waals surface area contributed by atoms with Crippen molar-refractivity contribution in [1.29, 1.82) is 0 Å². The minimum Gasteiger partial charge on any atom is -0.304 e. The summed E-state index contributed by atoms with van der Waals surface area (Å²) in [5.74, 6) is -0.279. The minimum atomic E-state index is -0.291. The summed E-state index contributed by atoms with van der Waals surface area (Å²) in [6.07, 6.45) is 1.81. The van der Waals surface area contributed by atoms with Crippen LogP contribution in [0.3, 0.4) is 0 Å². The first-order valence-electron chi connectivity index (χ1n) is 5.51. The molecule has 5 heteroatoms. The molecule has 1 aromatic rings. The number of hydrogen-bond acceptors (Lipinski definition) is 3. The second kappa shape index (κ2) is 5.31. The van der Waals surface area contributed by atoms with E-state index in [-0.39, 0.29) is 17.0 Å². The number of benzene rings is 1. The molecule has 0 bridgehead atoms. The molecule has 17 heavy (non-hydrogen) atoms. The van der Waals surface area contributed by atoms with Gasteiger partial charge in [-0.15, -0.1) is 0 Å². The lowest BCUT2D eigenvalue weighted by Crippen LogP contribution is -2.24. The summed E-state index contributed by atoms with van der Waals surface area (Å²) in [7, 11) is 0. The summed E-state index contributed by atoms with van der Waals surface area (Å²) in [5, 5.41) is 3.29. The summed E-state index contributed by atoms with van der Waals surface area (Å²) in [5.41, 5.74) is 0.645. The van der Waals surface area contributed by atoms with Crippen molar-refractivity contribution in [3.63, 3.8) is 0 Å². The second-order valence-electron chi connectivity index (χ2n) is 3.78. The van der Waals surface area contributed by atoms with Crippen LogP contribution in [0.2, 0.25) is 0 Å². The fourth-order valence-corrected chi connectivity index (χ4v) is 2.65. The highest BCUT2D eigenvalue weighted by Gasteiger charge is 2.29. The van der Waals surface area contributed by atoms with Crippen LogP contribution in [0.4, 0.5) is 10.1 Å². The molecule has 1 fully saturated rings.